The van der Waals surface area contributed by atoms with E-state index in [4.69, 9.17) is 4.74 Å². The molecule has 126 valence electrons. The largest absolute Gasteiger partial charge is 0.442 e. The first-order valence-corrected chi connectivity index (χ1v) is 7.94. The van der Waals surface area contributed by atoms with E-state index in [-0.39, 0.29) is 13.1 Å². The monoisotopic (exact) mass is 325 g/mol. The molecule has 7 heteroatoms. The molecule has 0 bridgehead atoms. The van der Waals surface area contributed by atoms with Crippen LogP contribution in [-0.2, 0) is 11.2 Å². The Morgan fingerprint density at radius 3 is 3.09 bits per heavy atom. The molecule has 0 radical (unpaired) electrons. The zero-order chi connectivity index (χ0) is 16.2. The number of benzene rings is 1. The first-order valence-electron chi connectivity index (χ1n) is 7.94. The minimum absolute atomic E-state index is 0.276. The smallest absolute Gasteiger partial charge is 0.341 e. The second-order valence-corrected chi connectivity index (χ2v) is 5.87. The molecule has 0 spiro atoms. The number of nitrogens with zero attached hydrogens (tertiary/aromatic N) is 1. The van der Waals surface area contributed by atoms with Crippen LogP contribution in [0.5, 0.6) is 0 Å². The van der Waals surface area contributed by atoms with Crippen molar-refractivity contribution in [1.29, 1.82) is 0 Å². The van der Waals surface area contributed by atoms with Crippen molar-refractivity contribution in [2.75, 3.05) is 38.0 Å². The summed E-state index contributed by atoms with van der Waals surface area (Å²) in [7, 11) is 0. The van der Waals surface area contributed by atoms with Crippen LogP contribution in [0.25, 0.3) is 0 Å². The van der Waals surface area contributed by atoms with Gasteiger partial charge in [0, 0.05) is 26.2 Å². The van der Waals surface area contributed by atoms with Crippen LogP contribution in [0.3, 0.4) is 0 Å². The maximum atomic E-state index is 12.5. The van der Waals surface area contributed by atoms with Crippen molar-refractivity contribution in [3.8, 4) is 0 Å². The summed E-state index contributed by atoms with van der Waals surface area (Å²) in [5, 5.41) is 6.31. The van der Waals surface area contributed by atoms with Gasteiger partial charge in [0.1, 0.15) is 0 Å². The number of esters is 1. The maximum absolute atomic E-state index is 12.5. The number of alkyl halides is 2. The fourth-order valence-electron chi connectivity index (χ4n) is 3.09. The highest BCUT2D eigenvalue weighted by molar-refractivity contribution is 5.96. The van der Waals surface area contributed by atoms with E-state index in [1.54, 1.807) is 11.0 Å². The van der Waals surface area contributed by atoms with Crippen LogP contribution in [0.4, 0.5) is 14.5 Å². The molecule has 0 amide bonds. The molecule has 1 unspecified atom stereocenters. The summed E-state index contributed by atoms with van der Waals surface area (Å²) in [6.07, 6.45) is -0.963. The highest BCUT2D eigenvalue weighted by atomic mass is 19.3. The Hall–Kier alpha value is -1.73. The van der Waals surface area contributed by atoms with E-state index in [0.29, 0.717) is 18.7 Å². The highest BCUT2D eigenvalue weighted by Crippen LogP contribution is 2.26. The molecule has 23 heavy (non-hydrogen) atoms. The molecule has 1 fully saturated rings. The standard InChI is InChI=1S/C16H21F2N3O2/c17-13(18)9-21-8-7-19-14(10-21)23-16(22)12-5-1-3-11-4-2-6-20-15(11)12/h1,3,5,13-14,19-20H,2,4,6-10H2. The van der Waals surface area contributed by atoms with Gasteiger partial charge in [0.2, 0.25) is 0 Å². The Morgan fingerprint density at radius 2 is 2.26 bits per heavy atom. The van der Waals surface area contributed by atoms with Gasteiger partial charge in [-0.25, -0.2) is 13.6 Å². The molecule has 5 nitrogen and oxygen atoms in total. The van der Waals surface area contributed by atoms with Crippen LogP contribution < -0.4 is 10.6 Å². The Labute approximate surface area is 134 Å². The second kappa shape index (κ2) is 7.23. The van der Waals surface area contributed by atoms with Gasteiger partial charge < -0.3 is 10.1 Å². The SMILES string of the molecule is O=C(OC1CN(CC(F)F)CCN1)c1cccc2c1NCCC2. The number of anilines is 1. The summed E-state index contributed by atoms with van der Waals surface area (Å²) in [6, 6.07) is 5.58. The number of piperazine rings is 1. The van der Waals surface area contributed by atoms with Crippen LogP contribution in [0.1, 0.15) is 22.3 Å². The third-order valence-electron chi connectivity index (χ3n) is 4.16. The Bertz CT molecular complexity index is 568. The Kier molecular flexibility index (Phi) is 5.07. The van der Waals surface area contributed by atoms with Crippen molar-refractivity contribution < 1.29 is 18.3 Å². The molecule has 1 atom stereocenters. The lowest BCUT2D eigenvalue weighted by atomic mass is 9.99. The highest BCUT2D eigenvalue weighted by Gasteiger charge is 2.26. The number of nitrogens with one attached hydrogen (secondary N) is 2. The van der Waals surface area contributed by atoms with Crippen molar-refractivity contribution in [1.82, 2.24) is 10.2 Å². The average molecular weight is 325 g/mol. The summed E-state index contributed by atoms with van der Waals surface area (Å²) in [5.41, 5.74) is 2.46. The van der Waals surface area contributed by atoms with Gasteiger partial charge in [0.05, 0.1) is 17.8 Å². The Morgan fingerprint density at radius 1 is 1.39 bits per heavy atom. The van der Waals surface area contributed by atoms with Crippen molar-refractivity contribution >= 4 is 11.7 Å². The third kappa shape index (κ3) is 3.97. The minimum atomic E-state index is -2.38. The fraction of sp³-hybridized carbons (Fsp3) is 0.562. The molecule has 2 aliphatic heterocycles. The topological polar surface area (TPSA) is 53.6 Å². The van der Waals surface area contributed by atoms with E-state index in [0.717, 1.165) is 30.6 Å². The number of fused-ring (bicyclic) bond motifs is 1. The van der Waals surface area contributed by atoms with Gasteiger partial charge >= 0.3 is 5.97 Å². The van der Waals surface area contributed by atoms with Crippen LogP contribution in [0, 0.1) is 0 Å². The number of carbonyl (C=O) groups excluding carboxylic acids is 1. The normalized spacial score (nSPS) is 21.6. The van der Waals surface area contributed by atoms with E-state index >= 15 is 0 Å². The number of hydrogen-bond acceptors (Lipinski definition) is 5. The van der Waals surface area contributed by atoms with Crippen LogP contribution in [-0.4, -0.2) is 56.2 Å². The molecule has 2 heterocycles. The van der Waals surface area contributed by atoms with Crippen molar-refractivity contribution in [3.63, 3.8) is 0 Å². The average Bonchev–Trinajstić information content (AvgIpc) is 2.54. The van der Waals surface area contributed by atoms with Gasteiger partial charge in [-0.3, -0.25) is 10.2 Å². The number of carbonyl (C=O) groups is 1. The van der Waals surface area contributed by atoms with E-state index in [1.807, 2.05) is 12.1 Å². The second-order valence-electron chi connectivity index (χ2n) is 5.87. The van der Waals surface area contributed by atoms with Crippen LogP contribution >= 0.6 is 0 Å². The van der Waals surface area contributed by atoms with E-state index < -0.39 is 18.6 Å². The number of rotatable bonds is 4. The quantitative estimate of drug-likeness (QED) is 0.825. The lowest BCUT2D eigenvalue weighted by Crippen LogP contribution is -2.53. The molecule has 2 N–H and O–H groups in total. The van der Waals surface area contributed by atoms with E-state index in [2.05, 4.69) is 10.6 Å². The molecule has 0 aromatic heterocycles. The third-order valence-corrected chi connectivity index (χ3v) is 4.16. The molecule has 1 saturated heterocycles. The molecule has 3 rings (SSSR count). The summed E-state index contributed by atoms with van der Waals surface area (Å²) in [4.78, 5) is 14.1. The van der Waals surface area contributed by atoms with Gasteiger partial charge in [-0.15, -0.1) is 0 Å². The van der Waals surface area contributed by atoms with Crippen molar-refractivity contribution in [2.24, 2.45) is 0 Å². The molecule has 0 saturated carbocycles. The zero-order valence-corrected chi connectivity index (χ0v) is 12.9. The summed E-state index contributed by atoms with van der Waals surface area (Å²) >= 11 is 0. The molecule has 2 aliphatic rings. The predicted octanol–water partition coefficient (Wildman–Crippen LogP) is 1.70. The van der Waals surface area contributed by atoms with Crippen LogP contribution in [0.2, 0.25) is 0 Å². The molecule has 1 aromatic rings. The number of para-hydroxylation sites is 1. The van der Waals surface area contributed by atoms with Gasteiger partial charge in [-0.2, -0.15) is 0 Å². The minimum Gasteiger partial charge on any atom is -0.442 e. The van der Waals surface area contributed by atoms with Gasteiger partial charge in [-0.05, 0) is 24.5 Å². The maximum Gasteiger partial charge on any atom is 0.341 e. The lowest BCUT2D eigenvalue weighted by molar-refractivity contribution is -0.0122. The predicted molar refractivity (Wildman–Crippen MR) is 82.9 cm³/mol. The van der Waals surface area contributed by atoms with Crippen molar-refractivity contribution in [2.45, 2.75) is 25.5 Å². The molecule has 0 aliphatic carbocycles. The van der Waals surface area contributed by atoms with Gasteiger partial charge in [-0.1, -0.05) is 12.1 Å². The number of aryl methyl sites for hydroxylation is 1. The van der Waals surface area contributed by atoms with E-state index in [1.165, 1.54) is 0 Å². The fourth-order valence-corrected chi connectivity index (χ4v) is 3.09. The molecule has 1 aromatic carbocycles. The number of ether oxygens (including phenoxy) is 1. The summed E-state index contributed by atoms with van der Waals surface area (Å²) in [5.74, 6) is -0.423. The summed E-state index contributed by atoms with van der Waals surface area (Å²) < 4.78 is 30.4. The lowest BCUT2D eigenvalue weighted by Gasteiger charge is -2.33. The Balaban J connectivity index is 1.65. The summed E-state index contributed by atoms with van der Waals surface area (Å²) in [6.45, 7) is 1.87. The zero-order valence-electron chi connectivity index (χ0n) is 12.9. The molecular weight excluding hydrogens is 304 g/mol. The first kappa shape index (κ1) is 16.1. The molecular formula is C16H21F2N3O2. The van der Waals surface area contributed by atoms with Gasteiger partial charge in [0.15, 0.2) is 6.23 Å². The van der Waals surface area contributed by atoms with Gasteiger partial charge in [0.25, 0.3) is 6.43 Å². The number of halogens is 2. The number of hydrogen-bond donors (Lipinski definition) is 2. The van der Waals surface area contributed by atoms with Crippen molar-refractivity contribution in [3.05, 3.63) is 29.3 Å². The van der Waals surface area contributed by atoms with Crippen LogP contribution in [0.15, 0.2) is 18.2 Å². The van der Waals surface area contributed by atoms with E-state index in [9.17, 15) is 13.6 Å². The first-order chi connectivity index (χ1) is 11.1.